The molecule has 2 aromatic rings. The number of nitrogens with one attached hydrogen (secondary N) is 1. The summed E-state index contributed by atoms with van der Waals surface area (Å²) in [5.74, 6) is -0.327. The summed E-state index contributed by atoms with van der Waals surface area (Å²) >= 11 is 1.50. The smallest absolute Gasteiger partial charge is 0.253 e. The average molecular weight is 277 g/mol. The number of anilines is 2. The number of hydrogen-bond donors (Lipinski definition) is 4. The molecule has 0 aliphatic rings. The van der Waals surface area contributed by atoms with Crippen molar-refractivity contribution in [3.05, 3.63) is 46.2 Å². The van der Waals surface area contributed by atoms with E-state index < -0.39 is 6.10 Å². The van der Waals surface area contributed by atoms with Gasteiger partial charge in [-0.15, -0.1) is 0 Å². The maximum Gasteiger partial charge on any atom is 0.253 e. The fourth-order valence-electron chi connectivity index (χ4n) is 1.66. The van der Waals surface area contributed by atoms with Gasteiger partial charge < -0.3 is 21.9 Å². The summed E-state index contributed by atoms with van der Waals surface area (Å²) in [6.07, 6.45) is -0.717. The number of nitrogen functional groups attached to an aromatic ring is 2. The number of aliphatic hydroxyl groups is 1. The van der Waals surface area contributed by atoms with E-state index in [0.717, 1.165) is 5.56 Å². The minimum absolute atomic E-state index is 0.138. The minimum Gasteiger partial charge on any atom is -0.399 e. The SMILES string of the molecule is Nc1ccc(C(=O)NCC(O)c2ccsc2)c(N)c1. The van der Waals surface area contributed by atoms with Crippen LogP contribution in [0.2, 0.25) is 0 Å². The number of thiophene rings is 1. The third kappa shape index (κ3) is 3.24. The molecule has 1 heterocycles. The van der Waals surface area contributed by atoms with Crippen LogP contribution in [-0.4, -0.2) is 17.6 Å². The number of nitrogens with two attached hydrogens (primary N) is 2. The molecule has 0 aliphatic carbocycles. The second-order valence-electron chi connectivity index (χ2n) is 4.13. The molecule has 0 spiro atoms. The van der Waals surface area contributed by atoms with Crippen molar-refractivity contribution in [2.45, 2.75) is 6.10 Å². The Bertz CT molecular complexity index is 569. The van der Waals surface area contributed by atoms with Gasteiger partial charge >= 0.3 is 0 Å². The molecule has 19 heavy (non-hydrogen) atoms. The topological polar surface area (TPSA) is 101 Å². The fraction of sp³-hybridized carbons (Fsp3) is 0.154. The Morgan fingerprint density at radius 1 is 1.37 bits per heavy atom. The molecule has 0 aliphatic heterocycles. The lowest BCUT2D eigenvalue weighted by atomic mass is 10.1. The molecule has 5 nitrogen and oxygen atoms in total. The van der Waals surface area contributed by atoms with Crippen molar-refractivity contribution < 1.29 is 9.90 Å². The zero-order valence-electron chi connectivity index (χ0n) is 10.2. The molecule has 0 saturated heterocycles. The summed E-state index contributed by atoms with van der Waals surface area (Å²) in [5.41, 5.74) is 13.3. The molecule has 1 aromatic carbocycles. The first-order valence-electron chi connectivity index (χ1n) is 5.71. The lowest BCUT2D eigenvalue weighted by Gasteiger charge is -2.11. The summed E-state index contributed by atoms with van der Waals surface area (Å²) in [6.45, 7) is 0.138. The van der Waals surface area contributed by atoms with E-state index in [-0.39, 0.29) is 12.5 Å². The molecule has 2 rings (SSSR count). The van der Waals surface area contributed by atoms with E-state index in [1.54, 1.807) is 12.1 Å². The van der Waals surface area contributed by atoms with Crippen LogP contribution in [0.5, 0.6) is 0 Å². The van der Waals surface area contributed by atoms with Crippen molar-refractivity contribution in [3.8, 4) is 0 Å². The lowest BCUT2D eigenvalue weighted by Crippen LogP contribution is -2.28. The highest BCUT2D eigenvalue weighted by atomic mass is 32.1. The van der Waals surface area contributed by atoms with Gasteiger partial charge in [0, 0.05) is 17.9 Å². The number of hydrogen-bond acceptors (Lipinski definition) is 5. The van der Waals surface area contributed by atoms with Crippen molar-refractivity contribution in [3.63, 3.8) is 0 Å². The van der Waals surface area contributed by atoms with E-state index in [9.17, 15) is 9.90 Å². The molecule has 0 saturated carbocycles. The Kier molecular flexibility index (Phi) is 4.03. The van der Waals surface area contributed by atoms with E-state index >= 15 is 0 Å². The van der Waals surface area contributed by atoms with Crippen LogP contribution in [0.1, 0.15) is 22.0 Å². The molecule has 0 fully saturated rings. The minimum atomic E-state index is -0.717. The van der Waals surface area contributed by atoms with E-state index in [1.807, 2.05) is 16.8 Å². The number of carbonyl (C=O) groups is 1. The zero-order valence-corrected chi connectivity index (χ0v) is 11.0. The Balaban J connectivity index is 1.98. The molecule has 1 aromatic heterocycles. The number of rotatable bonds is 4. The van der Waals surface area contributed by atoms with Crippen molar-refractivity contribution in [1.82, 2.24) is 5.32 Å². The molecule has 1 amide bonds. The van der Waals surface area contributed by atoms with E-state index in [2.05, 4.69) is 5.32 Å². The summed E-state index contributed by atoms with van der Waals surface area (Å²) in [7, 11) is 0. The van der Waals surface area contributed by atoms with Crippen LogP contribution >= 0.6 is 11.3 Å². The summed E-state index contributed by atoms with van der Waals surface area (Å²) < 4.78 is 0. The third-order valence-corrected chi connectivity index (χ3v) is 3.41. The van der Waals surface area contributed by atoms with Gasteiger partial charge in [-0.25, -0.2) is 0 Å². The second-order valence-corrected chi connectivity index (χ2v) is 4.91. The Hall–Kier alpha value is -2.05. The molecular weight excluding hydrogens is 262 g/mol. The van der Waals surface area contributed by atoms with Crippen LogP contribution in [-0.2, 0) is 0 Å². The summed E-state index contributed by atoms with van der Waals surface area (Å²) in [5, 5.41) is 16.2. The van der Waals surface area contributed by atoms with Crippen molar-refractivity contribution in [2.24, 2.45) is 0 Å². The Labute approximate surface area is 114 Å². The van der Waals surface area contributed by atoms with Gasteiger partial charge in [-0.1, -0.05) is 0 Å². The van der Waals surface area contributed by atoms with Crippen LogP contribution in [0.4, 0.5) is 11.4 Å². The lowest BCUT2D eigenvalue weighted by molar-refractivity contribution is 0.0917. The maximum absolute atomic E-state index is 11.9. The predicted molar refractivity (Wildman–Crippen MR) is 76.9 cm³/mol. The maximum atomic E-state index is 11.9. The highest BCUT2D eigenvalue weighted by Crippen LogP contribution is 2.17. The van der Waals surface area contributed by atoms with Crippen LogP contribution in [0, 0.1) is 0 Å². The Morgan fingerprint density at radius 2 is 2.16 bits per heavy atom. The second kappa shape index (κ2) is 5.73. The Morgan fingerprint density at radius 3 is 2.79 bits per heavy atom. The van der Waals surface area contributed by atoms with Gasteiger partial charge in [-0.3, -0.25) is 4.79 Å². The van der Waals surface area contributed by atoms with Gasteiger partial charge in [-0.05, 0) is 40.6 Å². The molecule has 0 bridgehead atoms. The van der Waals surface area contributed by atoms with Crippen molar-refractivity contribution >= 4 is 28.6 Å². The number of carbonyl (C=O) groups excluding carboxylic acids is 1. The van der Waals surface area contributed by atoms with Crippen LogP contribution in [0.15, 0.2) is 35.0 Å². The fourth-order valence-corrected chi connectivity index (χ4v) is 2.36. The molecular formula is C13H15N3O2S. The average Bonchev–Trinajstić information content (AvgIpc) is 2.89. The summed E-state index contributed by atoms with van der Waals surface area (Å²) in [4.78, 5) is 11.9. The number of aliphatic hydroxyl groups excluding tert-OH is 1. The number of amides is 1. The first-order chi connectivity index (χ1) is 9.08. The molecule has 1 atom stereocenters. The zero-order chi connectivity index (χ0) is 13.8. The van der Waals surface area contributed by atoms with Gasteiger partial charge in [0.25, 0.3) is 5.91 Å². The first kappa shape index (κ1) is 13.4. The van der Waals surface area contributed by atoms with Gasteiger partial charge in [-0.2, -0.15) is 11.3 Å². The normalized spacial score (nSPS) is 12.1. The van der Waals surface area contributed by atoms with Gasteiger partial charge in [0.1, 0.15) is 0 Å². The van der Waals surface area contributed by atoms with E-state index in [1.165, 1.54) is 17.4 Å². The standard InChI is InChI=1S/C13H15N3O2S/c14-9-1-2-10(11(15)5-9)13(18)16-6-12(17)8-3-4-19-7-8/h1-5,7,12,17H,6,14-15H2,(H,16,18). The third-order valence-electron chi connectivity index (χ3n) is 2.70. The molecule has 6 heteroatoms. The monoisotopic (exact) mass is 277 g/mol. The largest absolute Gasteiger partial charge is 0.399 e. The number of benzene rings is 1. The van der Waals surface area contributed by atoms with Gasteiger partial charge in [0.2, 0.25) is 0 Å². The highest BCUT2D eigenvalue weighted by Gasteiger charge is 2.13. The van der Waals surface area contributed by atoms with Crippen LogP contribution in [0.3, 0.4) is 0 Å². The summed E-state index contributed by atoms with van der Waals surface area (Å²) in [6, 6.07) is 6.53. The predicted octanol–water partition coefficient (Wildman–Crippen LogP) is 1.38. The molecule has 1 unspecified atom stereocenters. The quantitative estimate of drug-likeness (QED) is 0.634. The molecule has 6 N–H and O–H groups in total. The van der Waals surface area contributed by atoms with Crippen LogP contribution in [0.25, 0.3) is 0 Å². The first-order valence-corrected chi connectivity index (χ1v) is 6.65. The van der Waals surface area contributed by atoms with Gasteiger partial charge in [0.05, 0.1) is 11.7 Å². The van der Waals surface area contributed by atoms with Crippen molar-refractivity contribution in [2.75, 3.05) is 18.0 Å². The highest BCUT2D eigenvalue weighted by molar-refractivity contribution is 7.07. The van der Waals surface area contributed by atoms with E-state index in [4.69, 9.17) is 11.5 Å². The van der Waals surface area contributed by atoms with Gasteiger partial charge in [0.15, 0.2) is 0 Å². The molecule has 0 radical (unpaired) electrons. The van der Waals surface area contributed by atoms with E-state index in [0.29, 0.717) is 16.9 Å². The van der Waals surface area contributed by atoms with Crippen molar-refractivity contribution in [1.29, 1.82) is 0 Å². The van der Waals surface area contributed by atoms with Crippen LogP contribution < -0.4 is 16.8 Å². The molecule has 100 valence electrons.